The van der Waals surface area contributed by atoms with Gasteiger partial charge >= 0.3 is 0 Å². The molecule has 1 fully saturated rings. The molecule has 1 aromatic carbocycles. The summed E-state index contributed by atoms with van der Waals surface area (Å²) in [5, 5.41) is 20.5. The van der Waals surface area contributed by atoms with Crippen molar-refractivity contribution in [3.63, 3.8) is 0 Å². The first-order valence-electron chi connectivity index (χ1n) is 13.8. The minimum Gasteiger partial charge on any atom is -0.497 e. The number of methoxy groups -OCH3 is 1. The smallest absolute Gasteiger partial charge is 0.278 e. The number of halogens is 2. The molecule has 228 valence electrons. The molecule has 4 heterocycles. The van der Waals surface area contributed by atoms with Crippen molar-refractivity contribution in [3.05, 3.63) is 69.7 Å². The number of amides is 1. The zero-order valence-electron chi connectivity index (χ0n) is 24.2. The van der Waals surface area contributed by atoms with Crippen LogP contribution in [0.25, 0.3) is 16.8 Å². The minimum atomic E-state index is -1.00. The van der Waals surface area contributed by atoms with E-state index in [0.717, 1.165) is 12.8 Å². The monoisotopic (exact) mass is 613 g/mol. The maximum atomic E-state index is 14.0. The van der Waals surface area contributed by atoms with E-state index in [0.29, 0.717) is 34.4 Å². The maximum Gasteiger partial charge on any atom is 0.278 e. The Morgan fingerprint density at radius 1 is 1.33 bits per heavy atom. The summed E-state index contributed by atoms with van der Waals surface area (Å²) in [6, 6.07) is 3.69. The number of aromatic nitrogens is 5. The van der Waals surface area contributed by atoms with Crippen molar-refractivity contribution in [3.8, 4) is 17.0 Å². The van der Waals surface area contributed by atoms with Gasteiger partial charge in [-0.3, -0.25) is 14.2 Å². The summed E-state index contributed by atoms with van der Waals surface area (Å²) in [7, 11) is 1.39. The van der Waals surface area contributed by atoms with Gasteiger partial charge in [0.2, 0.25) is 11.9 Å². The highest BCUT2D eigenvalue weighted by Crippen LogP contribution is 2.30. The van der Waals surface area contributed by atoms with Crippen LogP contribution < -0.4 is 20.9 Å². The summed E-state index contributed by atoms with van der Waals surface area (Å²) in [4.78, 5) is 35.5. The quantitative estimate of drug-likeness (QED) is 0.258. The number of aliphatic hydroxyl groups excluding tert-OH is 1. The number of hydrogen-bond acceptors (Lipinski definition) is 9. The van der Waals surface area contributed by atoms with Gasteiger partial charge < -0.3 is 25.2 Å². The molecule has 1 aliphatic heterocycles. The van der Waals surface area contributed by atoms with Crippen LogP contribution in [-0.4, -0.2) is 67.1 Å². The second-order valence-electron chi connectivity index (χ2n) is 11.1. The third kappa shape index (κ3) is 6.63. The van der Waals surface area contributed by atoms with Crippen molar-refractivity contribution >= 4 is 29.0 Å². The van der Waals surface area contributed by atoms with Crippen molar-refractivity contribution in [2.24, 2.45) is 0 Å². The molecule has 0 aliphatic carbocycles. The van der Waals surface area contributed by atoms with Crippen LogP contribution >= 0.6 is 11.6 Å². The zero-order chi connectivity index (χ0) is 30.9. The predicted molar refractivity (Wildman–Crippen MR) is 158 cm³/mol. The Bertz CT molecular complexity index is 1710. The Hall–Kier alpha value is -4.07. The average Bonchev–Trinajstić information content (AvgIpc) is 3.41. The second kappa shape index (κ2) is 12.3. The average molecular weight is 614 g/mol. The third-order valence-corrected chi connectivity index (χ3v) is 7.71. The molecular weight excluding hydrogens is 581 g/mol. The number of anilines is 1. The standard InChI is InChI=1S/C29H33ClFN7O5/c1-16(26(40)35-23(14-39)17-7-19(31)10-21(8-17)42-4)37-15-33-38-13-18(9-24(38)27(37)41)25-22(30)12-32-28(36-25)34-20-5-6-43-29(2,3)11-20/h7-10,12-13,15-16,20,23,39H,5-6,11,14H2,1-4H3,(H,35,40)(H,32,34,36)/t16-,20-,23-/m1/s1. The summed E-state index contributed by atoms with van der Waals surface area (Å²) >= 11 is 6.46. The van der Waals surface area contributed by atoms with Gasteiger partial charge in [0.1, 0.15) is 29.5 Å². The van der Waals surface area contributed by atoms with Gasteiger partial charge in [-0.15, -0.1) is 0 Å². The minimum absolute atomic E-state index is 0.126. The largest absolute Gasteiger partial charge is 0.497 e. The van der Waals surface area contributed by atoms with Crippen LogP contribution in [0.2, 0.25) is 5.02 Å². The van der Waals surface area contributed by atoms with Gasteiger partial charge in [0.15, 0.2) is 0 Å². The van der Waals surface area contributed by atoms with Gasteiger partial charge in [-0.2, -0.15) is 5.10 Å². The SMILES string of the molecule is COc1cc(F)cc([C@@H](CO)NC(=O)[C@@H](C)n2cnn3cc(-c4nc(N[C@@H]5CCOC(C)(C)C5)ncc4Cl)cc3c2=O)c1. The van der Waals surface area contributed by atoms with E-state index in [1.165, 1.54) is 53.8 Å². The number of nitrogens with one attached hydrogen (secondary N) is 2. The highest BCUT2D eigenvalue weighted by Gasteiger charge is 2.29. The van der Waals surface area contributed by atoms with Crippen LogP contribution in [0.4, 0.5) is 10.3 Å². The molecule has 12 nitrogen and oxygen atoms in total. The van der Waals surface area contributed by atoms with Crippen LogP contribution in [0.1, 0.15) is 51.3 Å². The molecule has 3 aromatic heterocycles. The highest BCUT2D eigenvalue weighted by molar-refractivity contribution is 6.32. The van der Waals surface area contributed by atoms with Gasteiger partial charge in [0, 0.05) is 30.5 Å². The van der Waals surface area contributed by atoms with Crippen molar-refractivity contribution < 1.29 is 23.8 Å². The number of fused-ring (bicyclic) bond motifs is 1. The first-order chi connectivity index (χ1) is 20.5. The van der Waals surface area contributed by atoms with Crippen LogP contribution in [0.5, 0.6) is 5.75 Å². The van der Waals surface area contributed by atoms with E-state index in [4.69, 9.17) is 21.1 Å². The van der Waals surface area contributed by atoms with Crippen LogP contribution in [0.3, 0.4) is 0 Å². The summed E-state index contributed by atoms with van der Waals surface area (Å²) in [5.74, 6) is -0.510. The number of benzene rings is 1. The summed E-state index contributed by atoms with van der Waals surface area (Å²) in [6.07, 6.45) is 5.98. The van der Waals surface area contributed by atoms with E-state index >= 15 is 0 Å². The number of rotatable bonds is 9. The summed E-state index contributed by atoms with van der Waals surface area (Å²) in [5.41, 5.74) is 0.738. The first-order valence-corrected chi connectivity index (χ1v) is 14.1. The second-order valence-corrected chi connectivity index (χ2v) is 11.5. The van der Waals surface area contributed by atoms with Gasteiger partial charge in [-0.1, -0.05) is 11.6 Å². The molecule has 1 saturated heterocycles. The molecule has 3 atom stereocenters. The fraction of sp³-hybridized carbons (Fsp3) is 0.414. The topological polar surface area (TPSA) is 145 Å². The zero-order valence-corrected chi connectivity index (χ0v) is 24.9. The van der Waals surface area contributed by atoms with Crippen LogP contribution in [0.15, 0.2) is 47.8 Å². The van der Waals surface area contributed by atoms with Crippen molar-refractivity contribution in [2.75, 3.05) is 25.6 Å². The summed E-state index contributed by atoms with van der Waals surface area (Å²) < 4.78 is 27.5. The highest BCUT2D eigenvalue weighted by atomic mass is 35.5. The Labute approximate surface area is 251 Å². The molecule has 0 saturated carbocycles. The molecule has 1 amide bonds. The summed E-state index contributed by atoms with van der Waals surface area (Å²) in [6.45, 7) is 5.74. The maximum absolute atomic E-state index is 14.0. The van der Waals surface area contributed by atoms with Gasteiger partial charge in [0.25, 0.3) is 5.56 Å². The third-order valence-electron chi connectivity index (χ3n) is 7.43. The molecule has 3 N–H and O–H groups in total. The number of ether oxygens (including phenoxy) is 2. The first kappa shape index (κ1) is 30.4. The number of carbonyl (C=O) groups excluding carboxylic acids is 1. The molecule has 0 bridgehead atoms. The Morgan fingerprint density at radius 3 is 2.84 bits per heavy atom. The van der Waals surface area contributed by atoms with E-state index < -0.39 is 36.0 Å². The Balaban J connectivity index is 1.38. The Morgan fingerprint density at radius 2 is 2.12 bits per heavy atom. The Kier molecular flexibility index (Phi) is 8.67. The fourth-order valence-corrected chi connectivity index (χ4v) is 5.34. The molecule has 0 radical (unpaired) electrons. The van der Waals surface area contributed by atoms with E-state index in [1.54, 1.807) is 12.3 Å². The normalized spacial score (nSPS) is 17.8. The van der Waals surface area contributed by atoms with Crippen molar-refractivity contribution in [2.45, 2.75) is 57.3 Å². The number of aliphatic hydroxyl groups is 1. The molecule has 0 spiro atoms. The van der Waals surface area contributed by atoms with Crippen LogP contribution in [-0.2, 0) is 9.53 Å². The molecular formula is C29H33ClFN7O5. The molecule has 43 heavy (non-hydrogen) atoms. The van der Waals surface area contributed by atoms with E-state index in [-0.39, 0.29) is 22.9 Å². The molecule has 4 aromatic rings. The van der Waals surface area contributed by atoms with E-state index in [9.17, 15) is 19.1 Å². The predicted octanol–water partition coefficient (Wildman–Crippen LogP) is 3.53. The van der Waals surface area contributed by atoms with Crippen LogP contribution in [0, 0.1) is 5.82 Å². The number of hydrogen-bond donors (Lipinski definition) is 3. The van der Waals surface area contributed by atoms with Gasteiger partial charge in [-0.25, -0.2) is 18.9 Å². The lowest BCUT2D eigenvalue weighted by atomic mass is 9.94. The molecule has 5 rings (SSSR count). The van der Waals surface area contributed by atoms with E-state index in [2.05, 4.69) is 25.7 Å². The molecule has 14 heteroatoms. The van der Waals surface area contributed by atoms with Gasteiger partial charge in [0.05, 0.1) is 42.3 Å². The lowest BCUT2D eigenvalue weighted by molar-refractivity contribution is -0.125. The fourth-order valence-electron chi connectivity index (χ4n) is 5.14. The lowest BCUT2D eigenvalue weighted by Crippen LogP contribution is -2.40. The van der Waals surface area contributed by atoms with E-state index in [1.807, 2.05) is 13.8 Å². The number of carbonyl (C=O) groups is 1. The number of nitrogens with zero attached hydrogens (tertiary/aromatic N) is 5. The van der Waals surface area contributed by atoms with Gasteiger partial charge in [-0.05, 0) is 57.4 Å². The molecule has 1 aliphatic rings. The molecule has 0 unspecified atom stereocenters. The lowest BCUT2D eigenvalue weighted by Gasteiger charge is -2.35. The van der Waals surface area contributed by atoms with Crippen molar-refractivity contribution in [1.82, 2.24) is 29.5 Å². The van der Waals surface area contributed by atoms with Crippen molar-refractivity contribution in [1.29, 1.82) is 0 Å².